The highest BCUT2D eigenvalue weighted by Gasteiger charge is 2.01. The topological polar surface area (TPSA) is 58.8 Å². The van der Waals surface area contributed by atoms with E-state index in [1.807, 2.05) is 20.2 Å². The second-order valence-electron chi connectivity index (χ2n) is 2.68. The summed E-state index contributed by atoms with van der Waals surface area (Å²) < 4.78 is 28.9. The zero-order valence-electron chi connectivity index (χ0n) is 7.45. The van der Waals surface area contributed by atoms with E-state index in [4.69, 9.17) is 4.55 Å². The van der Waals surface area contributed by atoms with Gasteiger partial charge in [0.2, 0.25) is 0 Å². The van der Waals surface area contributed by atoms with Crippen LogP contribution in [0.2, 0.25) is 0 Å². The number of rotatable bonds is 5. The minimum atomic E-state index is -3.79. The Morgan fingerprint density at radius 1 is 1.50 bits per heavy atom. The molecule has 0 aliphatic rings. The third-order valence-electron chi connectivity index (χ3n) is 1.50. The Labute approximate surface area is 73.6 Å². The van der Waals surface area contributed by atoms with Crippen molar-refractivity contribution >= 4 is 10.1 Å². The van der Waals surface area contributed by atoms with Crippen LogP contribution in [0.3, 0.4) is 0 Å². The summed E-state index contributed by atoms with van der Waals surface area (Å²) in [5, 5.41) is 0. The first-order valence-corrected chi connectivity index (χ1v) is 5.50. The molecule has 0 aromatic rings. The molecule has 0 aliphatic heterocycles. The van der Waals surface area contributed by atoms with Crippen molar-refractivity contribution in [1.29, 1.82) is 0 Å². The molecule has 0 amide bonds. The second kappa shape index (κ2) is 5.29. The molecule has 2 N–H and O–H groups in total. The van der Waals surface area contributed by atoms with Crippen molar-refractivity contribution in [3.8, 4) is 0 Å². The van der Waals surface area contributed by atoms with Crippen molar-refractivity contribution in [2.45, 2.75) is 13.3 Å². The van der Waals surface area contributed by atoms with E-state index in [9.17, 15) is 8.42 Å². The molecule has 0 saturated heterocycles. The highest BCUT2D eigenvalue weighted by Crippen LogP contribution is 1.87. The van der Waals surface area contributed by atoms with Gasteiger partial charge in [0.1, 0.15) is 0 Å². The van der Waals surface area contributed by atoms with Crippen LogP contribution in [0.25, 0.3) is 0 Å². The van der Waals surface area contributed by atoms with Gasteiger partial charge in [0.05, 0.1) is 25.5 Å². The van der Waals surface area contributed by atoms with Crippen LogP contribution in [0.5, 0.6) is 0 Å². The van der Waals surface area contributed by atoms with Crippen LogP contribution in [0.1, 0.15) is 13.3 Å². The normalized spacial score (nSPS) is 15.2. The first-order chi connectivity index (χ1) is 5.45. The summed E-state index contributed by atoms with van der Waals surface area (Å²) in [7, 11) is -1.81. The Balaban J connectivity index is 3.63. The van der Waals surface area contributed by atoms with Crippen molar-refractivity contribution in [3.63, 3.8) is 0 Å². The predicted molar refractivity (Wildman–Crippen MR) is 47.6 cm³/mol. The standard InChI is InChI=1S/C7H15NO3S/c1-3-8(2)6-4-5-7-12(9,10)11/h4,6H,3,5,7H2,1-2H3,(H,9,10,11)/p+1. The van der Waals surface area contributed by atoms with Crippen LogP contribution in [0.4, 0.5) is 0 Å². The molecular formula is C7H16NO3S+. The van der Waals surface area contributed by atoms with Crippen molar-refractivity contribution in [1.82, 2.24) is 0 Å². The zero-order valence-corrected chi connectivity index (χ0v) is 8.26. The van der Waals surface area contributed by atoms with E-state index in [-0.39, 0.29) is 5.75 Å². The van der Waals surface area contributed by atoms with Gasteiger partial charge < -0.3 is 4.90 Å². The largest absolute Gasteiger partial charge is 0.312 e. The maximum Gasteiger partial charge on any atom is 0.265 e. The molecule has 0 saturated carbocycles. The summed E-state index contributed by atoms with van der Waals surface area (Å²) in [6.45, 7) is 2.99. The molecule has 0 spiro atoms. The number of hydrogen-bond donors (Lipinski definition) is 2. The van der Waals surface area contributed by atoms with Crippen LogP contribution >= 0.6 is 0 Å². The highest BCUT2D eigenvalue weighted by atomic mass is 32.2. The third kappa shape index (κ3) is 7.71. The molecule has 0 heterocycles. The smallest absolute Gasteiger partial charge is 0.265 e. The Hall–Kier alpha value is -0.390. The van der Waals surface area contributed by atoms with Gasteiger partial charge in [-0.15, -0.1) is 0 Å². The van der Waals surface area contributed by atoms with E-state index in [0.717, 1.165) is 6.54 Å². The summed E-state index contributed by atoms with van der Waals surface area (Å²) in [5.41, 5.74) is 0. The van der Waals surface area contributed by atoms with Crippen LogP contribution in [-0.4, -0.2) is 32.3 Å². The van der Waals surface area contributed by atoms with Crippen molar-refractivity contribution in [2.75, 3.05) is 19.3 Å². The van der Waals surface area contributed by atoms with Gasteiger partial charge in [-0.1, -0.05) is 0 Å². The molecule has 0 aromatic heterocycles. The van der Waals surface area contributed by atoms with Gasteiger partial charge >= 0.3 is 0 Å². The molecule has 1 atom stereocenters. The lowest BCUT2D eigenvalue weighted by atomic mass is 10.4. The van der Waals surface area contributed by atoms with Crippen molar-refractivity contribution in [2.24, 2.45) is 0 Å². The van der Waals surface area contributed by atoms with Gasteiger partial charge in [-0.05, 0) is 19.4 Å². The molecular weight excluding hydrogens is 178 g/mol. The summed E-state index contributed by atoms with van der Waals surface area (Å²) in [6.07, 6.45) is 4.01. The minimum Gasteiger partial charge on any atom is -0.312 e. The van der Waals surface area contributed by atoms with Crippen molar-refractivity contribution < 1.29 is 17.9 Å². The summed E-state index contributed by atoms with van der Waals surface area (Å²) >= 11 is 0. The quantitative estimate of drug-likeness (QED) is 0.570. The maximum absolute atomic E-state index is 10.3. The molecule has 5 heteroatoms. The van der Waals surface area contributed by atoms with Crippen molar-refractivity contribution in [3.05, 3.63) is 12.3 Å². The van der Waals surface area contributed by atoms with E-state index in [2.05, 4.69) is 0 Å². The van der Waals surface area contributed by atoms with Crippen LogP contribution < -0.4 is 4.90 Å². The first kappa shape index (κ1) is 11.6. The average Bonchev–Trinajstić information content (AvgIpc) is 1.96. The van der Waals surface area contributed by atoms with Crippen LogP contribution in [0.15, 0.2) is 12.3 Å². The fourth-order valence-electron chi connectivity index (χ4n) is 0.619. The maximum atomic E-state index is 10.3. The Bertz CT molecular complexity index is 233. The number of nitrogens with one attached hydrogen (secondary N) is 1. The Morgan fingerprint density at radius 3 is 2.50 bits per heavy atom. The fourth-order valence-corrected chi connectivity index (χ4v) is 1.05. The summed E-state index contributed by atoms with van der Waals surface area (Å²) in [6, 6.07) is 0. The molecule has 12 heavy (non-hydrogen) atoms. The highest BCUT2D eigenvalue weighted by molar-refractivity contribution is 7.85. The number of allylic oxidation sites excluding steroid dienone is 1. The molecule has 72 valence electrons. The molecule has 0 bridgehead atoms. The van der Waals surface area contributed by atoms with E-state index in [1.165, 1.54) is 4.90 Å². The lowest BCUT2D eigenvalue weighted by molar-refractivity contribution is -0.822. The SMILES string of the molecule is CC[NH+](C)C=CCCS(=O)(=O)O. The lowest BCUT2D eigenvalue weighted by Crippen LogP contribution is -3.03. The van der Waals surface area contributed by atoms with Gasteiger partial charge in [-0.3, -0.25) is 4.55 Å². The molecule has 1 unspecified atom stereocenters. The molecule has 0 aliphatic carbocycles. The number of hydrogen-bond acceptors (Lipinski definition) is 2. The van der Waals surface area contributed by atoms with Crippen LogP contribution in [0, 0.1) is 0 Å². The fraction of sp³-hybridized carbons (Fsp3) is 0.714. The minimum absolute atomic E-state index is 0.194. The Kier molecular flexibility index (Phi) is 5.12. The van der Waals surface area contributed by atoms with E-state index in [0.29, 0.717) is 6.42 Å². The van der Waals surface area contributed by atoms with Gasteiger partial charge in [0.25, 0.3) is 10.1 Å². The monoisotopic (exact) mass is 194 g/mol. The summed E-state index contributed by atoms with van der Waals surface area (Å²) in [4.78, 5) is 1.20. The molecule has 0 aromatic carbocycles. The average molecular weight is 194 g/mol. The predicted octanol–water partition coefficient (Wildman–Crippen LogP) is -0.687. The second-order valence-corrected chi connectivity index (χ2v) is 4.25. The molecule has 0 fully saturated rings. The lowest BCUT2D eigenvalue weighted by Gasteiger charge is -2.02. The van der Waals surface area contributed by atoms with E-state index >= 15 is 0 Å². The van der Waals surface area contributed by atoms with Gasteiger partial charge in [-0.2, -0.15) is 8.42 Å². The summed E-state index contributed by atoms with van der Waals surface area (Å²) in [5.74, 6) is -0.194. The number of quaternary nitrogens is 1. The first-order valence-electron chi connectivity index (χ1n) is 3.90. The van der Waals surface area contributed by atoms with E-state index < -0.39 is 10.1 Å². The van der Waals surface area contributed by atoms with E-state index in [1.54, 1.807) is 6.08 Å². The van der Waals surface area contributed by atoms with Gasteiger partial charge in [0.15, 0.2) is 0 Å². The molecule has 0 radical (unpaired) electrons. The van der Waals surface area contributed by atoms with Gasteiger partial charge in [-0.25, -0.2) is 0 Å². The molecule has 4 nitrogen and oxygen atoms in total. The Morgan fingerprint density at radius 2 is 2.08 bits per heavy atom. The zero-order chi connectivity index (χ0) is 9.61. The third-order valence-corrected chi connectivity index (χ3v) is 2.25. The molecule has 0 rings (SSSR count). The van der Waals surface area contributed by atoms with Gasteiger partial charge in [0, 0.05) is 0 Å². The van der Waals surface area contributed by atoms with Crippen LogP contribution in [-0.2, 0) is 10.1 Å².